The van der Waals surface area contributed by atoms with Crippen molar-refractivity contribution in [1.82, 2.24) is 19.6 Å². The molecule has 0 spiro atoms. The second-order valence-electron chi connectivity index (χ2n) is 4.59. The molecule has 7 nitrogen and oxygen atoms in total. The Kier molecular flexibility index (Phi) is 3.84. The summed E-state index contributed by atoms with van der Waals surface area (Å²) in [6, 6.07) is 3.96. The molecule has 2 aromatic heterocycles. The minimum absolute atomic E-state index is 0.169. The molecular weight excluding hydrogens is 256 g/mol. The molecule has 0 radical (unpaired) electrons. The average molecular weight is 272 g/mol. The Hall–Kier alpha value is -2.62. The first-order valence-corrected chi connectivity index (χ1v) is 6.24. The number of nitrogens with one attached hydrogen (secondary N) is 1. The van der Waals surface area contributed by atoms with Gasteiger partial charge in [0.05, 0.1) is 11.9 Å². The predicted octanol–water partition coefficient (Wildman–Crippen LogP) is 1.13. The van der Waals surface area contributed by atoms with E-state index in [0.717, 1.165) is 11.4 Å². The monoisotopic (exact) mass is 272 g/mol. The van der Waals surface area contributed by atoms with Gasteiger partial charge in [-0.1, -0.05) is 0 Å². The van der Waals surface area contributed by atoms with Crippen molar-refractivity contribution in [3.8, 4) is 6.07 Å². The van der Waals surface area contributed by atoms with Crippen LogP contribution in [0.1, 0.15) is 23.4 Å². The van der Waals surface area contributed by atoms with Crippen LogP contribution in [0.2, 0.25) is 0 Å². The zero-order valence-corrected chi connectivity index (χ0v) is 11.7. The van der Waals surface area contributed by atoms with Gasteiger partial charge >= 0.3 is 0 Å². The minimum Gasteiger partial charge on any atom is -0.310 e. The summed E-state index contributed by atoms with van der Waals surface area (Å²) < 4.78 is 3.27. The molecule has 0 atom stereocenters. The number of nitriles is 1. The van der Waals surface area contributed by atoms with Crippen molar-refractivity contribution >= 4 is 11.7 Å². The van der Waals surface area contributed by atoms with E-state index in [2.05, 4.69) is 15.5 Å². The lowest BCUT2D eigenvalue weighted by atomic mass is 10.3. The topological polar surface area (TPSA) is 88.5 Å². The molecule has 2 heterocycles. The van der Waals surface area contributed by atoms with E-state index in [1.165, 1.54) is 10.9 Å². The third-order valence-electron chi connectivity index (χ3n) is 2.97. The van der Waals surface area contributed by atoms with Gasteiger partial charge in [0.1, 0.15) is 17.5 Å². The molecule has 2 rings (SSSR count). The molecule has 0 saturated heterocycles. The van der Waals surface area contributed by atoms with E-state index in [0.29, 0.717) is 17.9 Å². The highest BCUT2D eigenvalue weighted by Gasteiger charge is 2.12. The Morgan fingerprint density at radius 3 is 2.85 bits per heavy atom. The molecule has 0 unspecified atom stereocenters. The van der Waals surface area contributed by atoms with Crippen molar-refractivity contribution in [3.05, 3.63) is 29.2 Å². The summed E-state index contributed by atoms with van der Waals surface area (Å²) in [7, 11) is 1.68. The summed E-state index contributed by atoms with van der Waals surface area (Å²) in [6.45, 7) is 4.37. The number of hydrogen-bond acceptors (Lipinski definition) is 4. The standard InChI is InChI=1S/C13H16N6O/c1-9-6-10(2)19(17-9)5-4-12(20)16-13-11(7-14)8-15-18(13)3/h6,8H,4-5H2,1-3H3,(H,16,20). The molecule has 2 aromatic rings. The number of amides is 1. The van der Waals surface area contributed by atoms with Crippen molar-refractivity contribution in [1.29, 1.82) is 5.26 Å². The maximum atomic E-state index is 11.9. The molecule has 0 aliphatic rings. The molecule has 0 aliphatic carbocycles. The van der Waals surface area contributed by atoms with Crippen LogP contribution in [0.15, 0.2) is 12.3 Å². The Labute approximate surface area is 116 Å². The lowest BCUT2D eigenvalue weighted by Crippen LogP contribution is -2.18. The predicted molar refractivity (Wildman–Crippen MR) is 72.9 cm³/mol. The van der Waals surface area contributed by atoms with Gasteiger partial charge < -0.3 is 5.32 Å². The van der Waals surface area contributed by atoms with Crippen molar-refractivity contribution in [3.63, 3.8) is 0 Å². The second kappa shape index (κ2) is 5.57. The van der Waals surface area contributed by atoms with E-state index >= 15 is 0 Å². The molecule has 20 heavy (non-hydrogen) atoms. The normalized spacial score (nSPS) is 10.3. The SMILES string of the molecule is Cc1cc(C)n(CCC(=O)Nc2c(C#N)cnn2C)n1. The number of rotatable bonds is 4. The number of carbonyl (C=O) groups is 1. The van der Waals surface area contributed by atoms with Crippen molar-refractivity contribution in [2.24, 2.45) is 7.05 Å². The fourth-order valence-electron chi connectivity index (χ4n) is 1.97. The highest BCUT2D eigenvalue weighted by Crippen LogP contribution is 2.13. The van der Waals surface area contributed by atoms with E-state index in [9.17, 15) is 4.79 Å². The number of carbonyl (C=O) groups excluding carboxylic acids is 1. The van der Waals surface area contributed by atoms with Gasteiger partial charge in [0.15, 0.2) is 0 Å². The van der Waals surface area contributed by atoms with Crippen LogP contribution >= 0.6 is 0 Å². The summed E-state index contributed by atoms with van der Waals surface area (Å²) in [5.41, 5.74) is 2.31. The van der Waals surface area contributed by atoms with E-state index < -0.39 is 0 Å². The fourth-order valence-corrected chi connectivity index (χ4v) is 1.97. The maximum Gasteiger partial charge on any atom is 0.227 e. The molecule has 1 N–H and O–H groups in total. The molecular formula is C13H16N6O. The Bertz CT molecular complexity index is 676. The van der Waals surface area contributed by atoms with E-state index in [-0.39, 0.29) is 12.3 Å². The van der Waals surface area contributed by atoms with Gasteiger partial charge in [-0.2, -0.15) is 15.5 Å². The molecule has 104 valence electrons. The fraction of sp³-hybridized carbons (Fsp3) is 0.385. The van der Waals surface area contributed by atoms with Gasteiger partial charge in [0, 0.05) is 25.7 Å². The lowest BCUT2D eigenvalue weighted by Gasteiger charge is -2.07. The van der Waals surface area contributed by atoms with Gasteiger partial charge in [-0.15, -0.1) is 0 Å². The average Bonchev–Trinajstić information content (AvgIpc) is 2.90. The van der Waals surface area contributed by atoms with Gasteiger partial charge in [0.2, 0.25) is 5.91 Å². The zero-order valence-electron chi connectivity index (χ0n) is 11.7. The number of aryl methyl sites for hydroxylation is 4. The van der Waals surface area contributed by atoms with Crippen LogP contribution in [-0.4, -0.2) is 25.5 Å². The first kappa shape index (κ1) is 13.8. The molecule has 7 heteroatoms. The van der Waals surface area contributed by atoms with Crippen LogP contribution in [0.5, 0.6) is 0 Å². The van der Waals surface area contributed by atoms with Gasteiger partial charge in [-0.05, 0) is 19.9 Å². The summed E-state index contributed by atoms with van der Waals surface area (Å²) in [5.74, 6) is 0.253. The largest absolute Gasteiger partial charge is 0.310 e. The number of hydrogen-bond donors (Lipinski definition) is 1. The van der Waals surface area contributed by atoms with Crippen molar-refractivity contribution in [2.45, 2.75) is 26.8 Å². The van der Waals surface area contributed by atoms with Crippen LogP contribution in [0.25, 0.3) is 0 Å². The molecule has 0 saturated carbocycles. The van der Waals surface area contributed by atoms with E-state index in [1.54, 1.807) is 11.7 Å². The first-order valence-electron chi connectivity index (χ1n) is 6.24. The van der Waals surface area contributed by atoms with Crippen LogP contribution in [0.3, 0.4) is 0 Å². The molecule has 0 bridgehead atoms. The summed E-state index contributed by atoms with van der Waals surface area (Å²) in [6.07, 6.45) is 1.72. The molecule has 0 aliphatic heterocycles. The van der Waals surface area contributed by atoms with E-state index in [1.807, 2.05) is 26.0 Å². The van der Waals surface area contributed by atoms with Crippen molar-refractivity contribution < 1.29 is 4.79 Å². The highest BCUT2D eigenvalue weighted by atomic mass is 16.1. The van der Waals surface area contributed by atoms with Gasteiger partial charge in [0.25, 0.3) is 0 Å². The molecule has 1 amide bonds. The summed E-state index contributed by atoms with van der Waals surface area (Å²) in [5, 5.41) is 19.9. The van der Waals surface area contributed by atoms with Gasteiger partial charge in [-0.3, -0.25) is 14.2 Å². The number of nitrogens with zero attached hydrogens (tertiary/aromatic N) is 5. The second-order valence-corrected chi connectivity index (χ2v) is 4.59. The van der Waals surface area contributed by atoms with Crippen molar-refractivity contribution in [2.75, 3.05) is 5.32 Å². The van der Waals surface area contributed by atoms with E-state index in [4.69, 9.17) is 5.26 Å². The third-order valence-corrected chi connectivity index (χ3v) is 2.97. The van der Waals surface area contributed by atoms with Gasteiger partial charge in [-0.25, -0.2) is 0 Å². The van der Waals surface area contributed by atoms with Crippen LogP contribution in [0, 0.1) is 25.2 Å². The first-order chi connectivity index (χ1) is 9.51. The van der Waals surface area contributed by atoms with Crippen LogP contribution in [-0.2, 0) is 18.4 Å². The van der Waals surface area contributed by atoms with Crippen LogP contribution < -0.4 is 5.32 Å². The highest BCUT2D eigenvalue weighted by molar-refractivity contribution is 5.91. The number of anilines is 1. The summed E-state index contributed by atoms with van der Waals surface area (Å²) in [4.78, 5) is 11.9. The Morgan fingerprint density at radius 2 is 2.25 bits per heavy atom. The Balaban J connectivity index is 1.98. The Morgan fingerprint density at radius 1 is 1.50 bits per heavy atom. The molecule has 0 aromatic carbocycles. The smallest absolute Gasteiger partial charge is 0.227 e. The number of aromatic nitrogens is 4. The summed E-state index contributed by atoms with van der Waals surface area (Å²) >= 11 is 0. The van der Waals surface area contributed by atoms with Crippen LogP contribution in [0.4, 0.5) is 5.82 Å². The third kappa shape index (κ3) is 2.85. The molecule has 0 fully saturated rings. The quantitative estimate of drug-likeness (QED) is 0.903. The lowest BCUT2D eigenvalue weighted by molar-refractivity contribution is -0.116. The maximum absolute atomic E-state index is 11.9. The zero-order chi connectivity index (χ0) is 14.7. The minimum atomic E-state index is -0.169.